The van der Waals surface area contributed by atoms with Crippen LogP contribution in [-0.4, -0.2) is 16.0 Å². The van der Waals surface area contributed by atoms with Crippen LogP contribution in [0.2, 0.25) is 5.02 Å². The van der Waals surface area contributed by atoms with Gasteiger partial charge in [-0.2, -0.15) is 4.98 Å². The minimum atomic E-state index is 0.497. The lowest BCUT2D eigenvalue weighted by Crippen LogP contribution is -2.16. The van der Waals surface area contributed by atoms with E-state index in [0.29, 0.717) is 17.0 Å². The third-order valence-electron chi connectivity index (χ3n) is 4.42. The minimum Gasteiger partial charge on any atom is -0.367 e. The average molecular weight is 339 g/mol. The van der Waals surface area contributed by atoms with Crippen molar-refractivity contribution in [1.82, 2.24) is 9.97 Å². The quantitative estimate of drug-likeness (QED) is 0.670. The highest BCUT2D eigenvalue weighted by Crippen LogP contribution is 2.29. The molecule has 1 aliphatic carbocycles. The van der Waals surface area contributed by atoms with E-state index in [4.69, 9.17) is 16.6 Å². The van der Waals surface area contributed by atoms with Gasteiger partial charge in [0.2, 0.25) is 5.95 Å². The Morgan fingerprint density at radius 2 is 1.67 bits per heavy atom. The second-order valence-electron chi connectivity index (χ2n) is 6.14. The summed E-state index contributed by atoms with van der Waals surface area (Å²) in [6.07, 6.45) is 4.97. The number of benzene rings is 2. The number of nitrogens with one attached hydrogen (secondary N) is 2. The topological polar surface area (TPSA) is 49.8 Å². The molecule has 0 spiro atoms. The molecule has 122 valence electrons. The van der Waals surface area contributed by atoms with Gasteiger partial charge in [0.25, 0.3) is 0 Å². The average Bonchev–Trinajstić information content (AvgIpc) is 3.10. The number of rotatable bonds is 4. The number of halogens is 1. The van der Waals surface area contributed by atoms with E-state index >= 15 is 0 Å². The molecule has 2 aromatic carbocycles. The molecule has 0 atom stereocenters. The first-order valence-corrected chi connectivity index (χ1v) is 8.72. The van der Waals surface area contributed by atoms with Crippen LogP contribution in [0.3, 0.4) is 0 Å². The van der Waals surface area contributed by atoms with Gasteiger partial charge in [0, 0.05) is 11.4 Å². The molecule has 3 aromatic rings. The van der Waals surface area contributed by atoms with Crippen molar-refractivity contribution in [2.45, 2.75) is 31.7 Å². The van der Waals surface area contributed by atoms with Gasteiger partial charge >= 0.3 is 0 Å². The normalized spacial score (nSPS) is 14.9. The number of hydrogen-bond donors (Lipinski definition) is 2. The molecule has 0 unspecified atom stereocenters. The van der Waals surface area contributed by atoms with Crippen LogP contribution in [-0.2, 0) is 0 Å². The van der Waals surface area contributed by atoms with E-state index in [2.05, 4.69) is 21.7 Å². The Kier molecular flexibility index (Phi) is 4.22. The molecular formula is C19H19ClN4. The van der Waals surface area contributed by atoms with Gasteiger partial charge in [-0.05, 0) is 37.1 Å². The highest BCUT2D eigenvalue weighted by atomic mass is 35.5. The van der Waals surface area contributed by atoms with Crippen molar-refractivity contribution in [1.29, 1.82) is 0 Å². The molecule has 2 N–H and O–H groups in total. The Labute approximate surface area is 146 Å². The highest BCUT2D eigenvalue weighted by molar-refractivity contribution is 6.33. The summed E-state index contributed by atoms with van der Waals surface area (Å²) in [5, 5.41) is 8.54. The van der Waals surface area contributed by atoms with E-state index in [1.807, 2.05) is 42.5 Å². The molecule has 0 saturated heterocycles. The molecule has 1 fully saturated rings. The SMILES string of the molecule is Clc1ccccc1Nc1nc(NC2CCCC2)c2ccccc2n1. The van der Waals surface area contributed by atoms with Crippen molar-refractivity contribution in [2.75, 3.05) is 10.6 Å². The molecule has 0 bridgehead atoms. The Hall–Kier alpha value is -2.33. The fourth-order valence-corrected chi connectivity index (χ4v) is 3.37. The van der Waals surface area contributed by atoms with Crippen LogP contribution in [0.4, 0.5) is 17.5 Å². The van der Waals surface area contributed by atoms with Crippen LogP contribution in [0, 0.1) is 0 Å². The molecular weight excluding hydrogens is 320 g/mol. The zero-order valence-corrected chi connectivity index (χ0v) is 14.1. The van der Waals surface area contributed by atoms with E-state index in [-0.39, 0.29) is 0 Å². The van der Waals surface area contributed by atoms with Crippen molar-refractivity contribution in [3.63, 3.8) is 0 Å². The van der Waals surface area contributed by atoms with Gasteiger partial charge in [-0.1, -0.05) is 48.7 Å². The molecule has 24 heavy (non-hydrogen) atoms. The summed E-state index contributed by atoms with van der Waals surface area (Å²) in [5.41, 5.74) is 1.73. The number of nitrogens with zero attached hydrogens (tertiary/aromatic N) is 2. The molecule has 1 saturated carbocycles. The maximum atomic E-state index is 6.24. The summed E-state index contributed by atoms with van der Waals surface area (Å²) in [6.45, 7) is 0. The van der Waals surface area contributed by atoms with Crippen LogP contribution in [0.1, 0.15) is 25.7 Å². The van der Waals surface area contributed by atoms with Crippen molar-refractivity contribution in [2.24, 2.45) is 0 Å². The second kappa shape index (κ2) is 6.65. The first-order valence-electron chi connectivity index (χ1n) is 8.34. The Morgan fingerprint density at radius 1 is 0.917 bits per heavy atom. The lowest BCUT2D eigenvalue weighted by molar-refractivity contribution is 0.752. The van der Waals surface area contributed by atoms with Gasteiger partial charge < -0.3 is 10.6 Å². The van der Waals surface area contributed by atoms with Crippen molar-refractivity contribution >= 4 is 40.0 Å². The van der Waals surface area contributed by atoms with Gasteiger partial charge in [0.1, 0.15) is 5.82 Å². The van der Waals surface area contributed by atoms with Gasteiger partial charge in [-0.15, -0.1) is 0 Å². The second-order valence-corrected chi connectivity index (χ2v) is 6.55. The number of aromatic nitrogens is 2. The van der Waals surface area contributed by atoms with E-state index in [9.17, 15) is 0 Å². The number of hydrogen-bond acceptors (Lipinski definition) is 4. The Bertz CT molecular complexity index is 859. The van der Waals surface area contributed by atoms with E-state index in [1.54, 1.807) is 0 Å². The summed E-state index contributed by atoms with van der Waals surface area (Å²) in [6, 6.07) is 16.2. The van der Waals surface area contributed by atoms with Crippen molar-refractivity contribution in [3.8, 4) is 0 Å². The standard InChI is InChI=1S/C19H19ClN4/c20-15-10-4-6-12-17(15)23-19-22-16-11-5-3-9-14(16)18(24-19)21-13-7-1-2-8-13/h3-6,9-13H,1-2,7-8H2,(H2,21,22,23,24). The molecule has 1 aromatic heterocycles. The Morgan fingerprint density at radius 3 is 2.50 bits per heavy atom. The van der Waals surface area contributed by atoms with Gasteiger partial charge in [-0.25, -0.2) is 4.98 Å². The fraction of sp³-hybridized carbons (Fsp3) is 0.263. The number of para-hydroxylation sites is 2. The lowest BCUT2D eigenvalue weighted by atomic mass is 10.2. The van der Waals surface area contributed by atoms with Crippen LogP contribution < -0.4 is 10.6 Å². The summed E-state index contributed by atoms with van der Waals surface area (Å²) in [4.78, 5) is 9.33. The molecule has 4 nitrogen and oxygen atoms in total. The summed E-state index contributed by atoms with van der Waals surface area (Å²) < 4.78 is 0. The lowest BCUT2D eigenvalue weighted by Gasteiger charge is -2.16. The third kappa shape index (κ3) is 3.15. The number of anilines is 3. The van der Waals surface area contributed by atoms with Gasteiger partial charge in [0.05, 0.1) is 16.2 Å². The fourth-order valence-electron chi connectivity index (χ4n) is 3.19. The maximum absolute atomic E-state index is 6.24. The monoisotopic (exact) mass is 338 g/mol. The first kappa shape index (κ1) is 15.2. The van der Waals surface area contributed by atoms with E-state index < -0.39 is 0 Å². The number of fused-ring (bicyclic) bond motifs is 1. The molecule has 4 rings (SSSR count). The predicted octanol–water partition coefficient (Wildman–Crippen LogP) is 5.38. The molecule has 1 heterocycles. The van der Waals surface area contributed by atoms with E-state index in [1.165, 1.54) is 25.7 Å². The van der Waals surface area contributed by atoms with Gasteiger partial charge in [-0.3, -0.25) is 0 Å². The molecule has 0 radical (unpaired) electrons. The third-order valence-corrected chi connectivity index (χ3v) is 4.75. The smallest absolute Gasteiger partial charge is 0.229 e. The summed E-state index contributed by atoms with van der Waals surface area (Å²) >= 11 is 6.24. The highest BCUT2D eigenvalue weighted by Gasteiger charge is 2.17. The maximum Gasteiger partial charge on any atom is 0.229 e. The van der Waals surface area contributed by atoms with Crippen molar-refractivity contribution < 1.29 is 0 Å². The molecule has 5 heteroatoms. The largest absolute Gasteiger partial charge is 0.367 e. The zero-order valence-electron chi connectivity index (χ0n) is 13.3. The molecule has 0 amide bonds. The van der Waals surface area contributed by atoms with E-state index in [0.717, 1.165) is 22.4 Å². The van der Waals surface area contributed by atoms with Crippen LogP contribution >= 0.6 is 11.6 Å². The summed E-state index contributed by atoms with van der Waals surface area (Å²) in [7, 11) is 0. The minimum absolute atomic E-state index is 0.497. The zero-order chi connectivity index (χ0) is 16.4. The predicted molar refractivity (Wildman–Crippen MR) is 100 cm³/mol. The van der Waals surface area contributed by atoms with Crippen molar-refractivity contribution in [3.05, 3.63) is 53.6 Å². The first-order chi connectivity index (χ1) is 11.8. The molecule has 1 aliphatic rings. The van der Waals surface area contributed by atoms with Gasteiger partial charge in [0.15, 0.2) is 0 Å². The Balaban J connectivity index is 1.72. The van der Waals surface area contributed by atoms with Crippen LogP contribution in [0.25, 0.3) is 10.9 Å². The molecule has 0 aliphatic heterocycles. The van der Waals surface area contributed by atoms with Crippen LogP contribution in [0.15, 0.2) is 48.5 Å². The van der Waals surface area contributed by atoms with Crippen LogP contribution in [0.5, 0.6) is 0 Å². The summed E-state index contributed by atoms with van der Waals surface area (Å²) in [5.74, 6) is 1.45.